The van der Waals surface area contributed by atoms with Crippen LogP contribution in [0, 0.1) is 11.8 Å². The summed E-state index contributed by atoms with van der Waals surface area (Å²) in [6, 6.07) is 5.27. The van der Waals surface area contributed by atoms with Crippen molar-refractivity contribution in [1.29, 1.82) is 0 Å². The van der Waals surface area contributed by atoms with Gasteiger partial charge < -0.3 is 10.2 Å². The summed E-state index contributed by atoms with van der Waals surface area (Å²) >= 11 is 12.0. The third kappa shape index (κ3) is 3.42. The molecule has 0 radical (unpaired) electrons. The largest absolute Gasteiger partial charge is 0.349 e. The Morgan fingerprint density at radius 2 is 1.95 bits per heavy atom. The van der Waals surface area contributed by atoms with Crippen LogP contribution in [0.2, 0.25) is 10.0 Å². The van der Waals surface area contributed by atoms with Gasteiger partial charge in [0.15, 0.2) is 0 Å². The van der Waals surface area contributed by atoms with Crippen molar-refractivity contribution in [3.63, 3.8) is 0 Å². The standard InChI is InChI=1S/C17H22Cl2N2O/c1-2-5-21-9-11-3-4-16(15(11)10-21)20-17(22)12-6-13(18)8-14(19)7-12/h6-8,11,15-16H,2-5,9-10H2,1H3,(H,20,22). The summed E-state index contributed by atoms with van der Waals surface area (Å²) in [7, 11) is 0. The van der Waals surface area contributed by atoms with Gasteiger partial charge in [-0.05, 0) is 55.8 Å². The van der Waals surface area contributed by atoms with Gasteiger partial charge in [0.25, 0.3) is 5.91 Å². The van der Waals surface area contributed by atoms with Gasteiger partial charge in [-0.2, -0.15) is 0 Å². The van der Waals surface area contributed by atoms with E-state index in [0.29, 0.717) is 21.5 Å². The number of hydrogen-bond donors (Lipinski definition) is 1. The number of benzene rings is 1. The monoisotopic (exact) mass is 340 g/mol. The molecule has 1 aliphatic heterocycles. The van der Waals surface area contributed by atoms with Gasteiger partial charge in [-0.3, -0.25) is 4.79 Å². The van der Waals surface area contributed by atoms with Crippen LogP contribution in [0.3, 0.4) is 0 Å². The highest BCUT2D eigenvalue weighted by Crippen LogP contribution is 2.38. The Balaban J connectivity index is 1.64. The number of nitrogens with zero attached hydrogens (tertiary/aromatic N) is 1. The summed E-state index contributed by atoms with van der Waals surface area (Å²) < 4.78 is 0. The number of amides is 1. The first kappa shape index (κ1) is 16.1. The molecular formula is C17H22Cl2N2O. The molecule has 1 saturated heterocycles. The number of halogens is 2. The summed E-state index contributed by atoms with van der Waals surface area (Å²) in [6.45, 7) is 5.68. The van der Waals surface area contributed by atoms with E-state index in [1.807, 2.05) is 0 Å². The zero-order valence-corrected chi connectivity index (χ0v) is 14.3. The van der Waals surface area contributed by atoms with E-state index in [0.717, 1.165) is 25.4 Å². The highest BCUT2D eigenvalue weighted by molar-refractivity contribution is 6.35. The van der Waals surface area contributed by atoms with Gasteiger partial charge in [-0.15, -0.1) is 0 Å². The van der Waals surface area contributed by atoms with E-state index in [1.54, 1.807) is 18.2 Å². The molecule has 22 heavy (non-hydrogen) atoms. The van der Waals surface area contributed by atoms with E-state index >= 15 is 0 Å². The van der Waals surface area contributed by atoms with Crippen LogP contribution >= 0.6 is 23.2 Å². The van der Waals surface area contributed by atoms with Gasteiger partial charge in [0.2, 0.25) is 0 Å². The molecule has 1 aromatic carbocycles. The van der Waals surface area contributed by atoms with Gasteiger partial charge in [0.1, 0.15) is 0 Å². The molecule has 3 unspecified atom stereocenters. The summed E-state index contributed by atoms with van der Waals surface area (Å²) in [5.74, 6) is 1.26. The maximum absolute atomic E-state index is 12.5. The Labute approximate surface area is 142 Å². The van der Waals surface area contributed by atoms with Crippen LogP contribution in [-0.4, -0.2) is 36.5 Å². The number of carbonyl (C=O) groups is 1. The van der Waals surface area contributed by atoms with Gasteiger partial charge in [-0.25, -0.2) is 0 Å². The first-order chi connectivity index (χ1) is 10.6. The number of likely N-dealkylation sites (tertiary alicyclic amines) is 1. The fraction of sp³-hybridized carbons (Fsp3) is 0.588. The lowest BCUT2D eigenvalue weighted by atomic mass is 9.97. The van der Waals surface area contributed by atoms with Crippen LogP contribution in [-0.2, 0) is 0 Å². The summed E-state index contributed by atoms with van der Waals surface area (Å²) in [4.78, 5) is 15.0. The molecule has 1 heterocycles. The van der Waals surface area contributed by atoms with Crippen molar-refractivity contribution in [3.05, 3.63) is 33.8 Å². The summed E-state index contributed by atoms with van der Waals surface area (Å²) in [5.41, 5.74) is 0.546. The van der Waals surface area contributed by atoms with Crippen molar-refractivity contribution in [3.8, 4) is 0 Å². The van der Waals surface area contributed by atoms with Crippen molar-refractivity contribution >= 4 is 29.1 Å². The molecule has 3 nitrogen and oxygen atoms in total. The third-order valence-electron chi connectivity index (χ3n) is 4.91. The Kier molecular flexibility index (Phi) is 4.96. The Morgan fingerprint density at radius 3 is 2.64 bits per heavy atom. The smallest absolute Gasteiger partial charge is 0.251 e. The maximum atomic E-state index is 12.5. The lowest BCUT2D eigenvalue weighted by Gasteiger charge is -2.21. The van der Waals surface area contributed by atoms with Crippen LogP contribution in [0.4, 0.5) is 0 Å². The Hall–Kier alpha value is -0.770. The lowest BCUT2D eigenvalue weighted by Crippen LogP contribution is -2.39. The topological polar surface area (TPSA) is 32.3 Å². The van der Waals surface area contributed by atoms with E-state index in [2.05, 4.69) is 17.1 Å². The van der Waals surface area contributed by atoms with Crippen molar-refractivity contribution in [2.45, 2.75) is 32.2 Å². The van der Waals surface area contributed by atoms with E-state index in [1.165, 1.54) is 19.4 Å². The minimum Gasteiger partial charge on any atom is -0.349 e. The molecular weight excluding hydrogens is 319 g/mol. The molecule has 3 atom stereocenters. The lowest BCUT2D eigenvalue weighted by molar-refractivity contribution is 0.0926. The van der Waals surface area contributed by atoms with Crippen LogP contribution < -0.4 is 5.32 Å². The quantitative estimate of drug-likeness (QED) is 0.902. The number of nitrogens with one attached hydrogen (secondary N) is 1. The van der Waals surface area contributed by atoms with Crippen molar-refractivity contribution in [2.24, 2.45) is 11.8 Å². The Morgan fingerprint density at radius 1 is 1.23 bits per heavy atom. The molecule has 0 aromatic heterocycles. The van der Waals surface area contributed by atoms with Crippen LogP contribution in [0.1, 0.15) is 36.5 Å². The van der Waals surface area contributed by atoms with E-state index in [9.17, 15) is 4.79 Å². The average Bonchev–Trinajstić information content (AvgIpc) is 3.00. The molecule has 2 aliphatic rings. The zero-order chi connectivity index (χ0) is 15.7. The van der Waals surface area contributed by atoms with Crippen LogP contribution in [0.5, 0.6) is 0 Å². The van der Waals surface area contributed by atoms with E-state index < -0.39 is 0 Å². The van der Waals surface area contributed by atoms with Gasteiger partial charge >= 0.3 is 0 Å². The van der Waals surface area contributed by atoms with Crippen LogP contribution in [0.25, 0.3) is 0 Å². The fourth-order valence-corrected chi connectivity index (χ4v) is 4.50. The van der Waals surface area contributed by atoms with Gasteiger partial charge in [-0.1, -0.05) is 30.1 Å². The highest BCUT2D eigenvalue weighted by atomic mass is 35.5. The number of rotatable bonds is 4. The second kappa shape index (κ2) is 6.77. The first-order valence-corrected chi connectivity index (χ1v) is 8.81. The second-order valence-electron chi connectivity index (χ2n) is 6.50. The van der Waals surface area contributed by atoms with Crippen LogP contribution in [0.15, 0.2) is 18.2 Å². The van der Waals surface area contributed by atoms with Crippen molar-refractivity contribution in [1.82, 2.24) is 10.2 Å². The predicted molar refractivity (Wildman–Crippen MR) is 90.7 cm³/mol. The van der Waals surface area contributed by atoms with Crippen molar-refractivity contribution < 1.29 is 4.79 Å². The number of fused-ring (bicyclic) bond motifs is 1. The predicted octanol–water partition coefficient (Wildman–Crippen LogP) is 3.84. The molecule has 1 saturated carbocycles. The minimum atomic E-state index is -0.0657. The molecule has 1 aliphatic carbocycles. The molecule has 1 aromatic rings. The highest BCUT2D eigenvalue weighted by Gasteiger charge is 2.42. The molecule has 2 fully saturated rings. The third-order valence-corrected chi connectivity index (χ3v) is 5.35. The average molecular weight is 341 g/mol. The normalized spacial score (nSPS) is 27.9. The summed E-state index contributed by atoms with van der Waals surface area (Å²) in [6.07, 6.45) is 3.49. The second-order valence-corrected chi connectivity index (χ2v) is 7.37. The number of hydrogen-bond acceptors (Lipinski definition) is 2. The molecule has 1 amide bonds. The molecule has 3 rings (SSSR count). The van der Waals surface area contributed by atoms with E-state index in [4.69, 9.17) is 23.2 Å². The SMILES string of the molecule is CCCN1CC2CCC(NC(=O)c3cc(Cl)cc(Cl)c3)C2C1. The molecule has 120 valence electrons. The Bertz CT molecular complexity index is 543. The van der Waals surface area contributed by atoms with E-state index in [-0.39, 0.29) is 11.9 Å². The summed E-state index contributed by atoms with van der Waals surface area (Å²) in [5, 5.41) is 4.20. The number of carbonyl (C=O) groups excluding carboxylic acids is 1. The van der Waals surface area contributed by atoms with Gasteiger partial charge in [0.05, 0.1) is 0 Å². The molecule has 0 bridgehead atoms. The first-order valence-electron chi connectivity index (χ1n) is 8.06. The maximum Gasteiger partial charge on any atom is 0.251 e. The fourth-order valence-electron chi connectivity index (χ4n) is 3.97. The zero-order valence-electron chi connectivity index (χ0n) is 12.8. The molecule has 5 heteroatoms. The van der Waals surface area contributed by atoms with Crippen molar-refractivity contribution in [2.75, 3.05) is 19.6 Å². The van der Waals surface area contributed by atoms with Gasteiger partial charge in [0, 0.05) is 34.7 Å². The molecule has 1 N–H and O–H groups in total. The molecule has 0 spiro atoms. The minimum absolute atomic E-state index is 0.0657.